The monoisotopic (exact) mass is 332 g/mol. The van der Waals surface area contributed by atoms with Crippen molar-refractivity contribution in [3.05, 3.63) is 36.1 Å². The van der Waals surface area contributed by atoms with Crippen LogP contribution >= 0.6 is 0 Å². The van der Waals surface area contributed by atoms with E-state index in [9.17, 15) is 14.7 Å². The van der Waals surface area contributed by atoms with Gasteiger partial charge < -0.3 is 14.4 Å². The van der Waals surface area contributed by atoms with Gasteiger partial charge in [0.2, 0.25) is 5.91 Å². The average Bonchev–Trinajstić information content (AvgIpc) is 2.97. The highest BCUT2D eigenvalue weighted by molar-refractivity contribution is 5.86. The fourth-order valence-corrected chi connectivity index (χ4v) is 2.65. The molecule has 1 unspecified atom stereocenters. The van der Waals surface area contributed by atoms with E-state index in [1.165, 1.54) is 4.90 Å². The van der Waals surface area contributed by atoms with E-state index in [2.05, 4.69) is 5.32 Å². The molecular weight excluding hydrogens is 308 g/mol. The Hall–Kier alpha value is -2.34. The summed E-state index contributed by atoms with van der Waals surface area (Å²) in [5.74, 6) is -0.942. The molecule has 1 aromatic carbocycles. The van der Waals surface area contributed by atoms with Crippen molar-refractivity contribution in [3.8, 4) is 0 Å². The van der Waals surface area contributed by atoms with Crippen molar-refractivity contribution < 1.29 is 19.1 Å². The summed E-state index contributed by atoms with van der Waals surface area (Å²) >= 11 is 0. The van der Waals surface area contributed by atoms with Crippen LogP contribution in [-0.4, -0.2) is 42.0 Å². The fraction of sp³-hybridized carbons (Fsp3) is 0.444. The number of carbonyl (C=O) groups excluding carboxylic acids is 1. The number of nitrogens with zero attached hydrogens (tertiary/aromatic N) is 1. The molecule has 0 fully saturated rings. The Balaban J connectivity index is 2.36. The van der Waals surface area contributed by atoms with Crippen molar-refractivity contribution in [1.82, 2.24) is 10.2 Å². The molecule has 1 heterocycles. The Kier molecular flexibility index (Phi) is 5.62. The van der Waals surface area contributed by atoms with E-state index in [1.54, 1.807) is 32.5 Å². The first-order valence-electron chi connectivity index (χ1n) is 7.96. The highest BCUT2D eigenvalue weighted by Gasteiger charge is 2.29. The molecule has 2 aromatic rings. The highest BCUT2D eigenvalue weighted by atomic mass is 16.4. The lowest BCUT2D eigenvalue weighted by molar-refractivity contribution is -0.141. The number of carboxylic acids is 1. The lowest BCUT2D eigenvalue weighted by Crippen LogP contribution is -2.45. The van der Waals surface area contributed by atoms with Crippen molar-refractivity contribution in [1.29, 1.82) is 0 Å². The molecule has 0 spiro atoms. The Morgan fingerprint density at radius 3 is 2.54 bits per heavy atom. The number of hydrogen-bond donors (Lipinski definition) is 2. The molecule has 6 nitrogen and oxygen atoms in total. The summed E-state index contributed by atoms with van der Waals surface area (Å²) in [6, 6.07) is 5.74. The first-order chi connectivity index (χ1) is 11.3. The maximum atomic E-state index is 12.6. The van der Waals surface area contributed by atoms with Gasteiger partial charge in [-0.3, -0.25) is 14.9 Å². The third-order valence-corrected chi connectivity index (χ3v) is 3.87. The van der Waals surface area contributed by atoms with E-state index in [0.29, 0.717) is 6.42 Å². The molecule has 0 aliphatic carbocycles. The average molecular weight is 332 g/mol. The zero-order valence-electron chi connectivity index (χ0n) is 14.4. The number of likely N-dealkylation sites (N-methyl/N-ethyl adjacent to an activating group) is 1. The van der Waals surface area contributed by atoms with E-state index in [-0.39, 0.29) is 11.8 Å². The van der Waals surface area contributed by atoms with Gasteiger partial charge in [-0.25, -0.2) is 0 Å². The highest BCUT2D eigenvalue weighted by Crippen LogP contribution is 2.23. The van der Waals surface area contributed by atoms with Crippen molar-refractivity contribution in [3.63, 3.8) is 0 Å². The largest absolute Gasteiger partial charge is 0.480 e. The number of nitrogens with one attached hydrogen (secondary N) is 1. The number of hydrogen-bond acceptors (Lipinski definition) is 4. The zero-order chi connectivity index (χ0) is 17.9. The lowest BCUT2D eigenvalue weighted by Gasteiger charge is -2.26. The van der Waals surface area contributed by atoms with E-state index in [1.807, 2.05) is 26.0 Å². The maximum Gasteiger partial charge on any atom is 0.320 e. The summed E-state index contributed by atoms with van der Waals surface area (Å²) in [5, 5.41) is 13.4. The van der Waals surface area contributed by atoms with Crippen LogP contribution in [0.3, 0.4) is 0 Å². The minimum absolute atomic E-state index is 0.187. The Morgan fingerprint density at radius 2 is 1.96 bits per heavy atom. The summed E-state index contributed by atoms with van der Waals surface area (Å²) in [7, 11) is 3.32. The lowest BCUT2D eigenvalue weighted by atomic mass is 9.99. The standard InChI is InChI=1S/C18H24N2O4/c1-11(2)9-14(18(22)23)19-16(17(21)20(3)4)13-5-6-15-12(10-13)7-8-24-15/h5-8,10-11,14,16,19H,9H2,1-4H3,(H,22,23)/t14-,16?/m0/s1. The molecule has 130 valence electrons. The van der Waals surface area contributed by atoms with E-state index in [4.69, 9.17) is 4.42 Å². The molecule has 0 radical (unpaired) electrons. The van der Waals surface area contributed by atoms with Crippen molar-refractivity contribution in [2.45, 2.75) is 32.4 Å². The molecule has 0 saturated carbocycles. The number of rotatable bonds is 7. The second-order valence-corrected chi connectivity index (χ2v) is 6.57. The maximum absolute atomic E-state index is 12.6. The van der Waals surface area contributed by atoms with E-state index in [0.717, 1.165) is 16.5 Å². The van der Waals surface area contributed by atoms with Crippen LogP contribution in [0.15, 0.2) is 34.9 Å². The smallest absolute Gasteiger partial charge is 0.320 e. The molecule has 24 heavy (non-hydrogen) atoms. The minimum Gasteiger partial charge on any atom is -0.480 e. The topological polar surface area (TPSA) is 82.8 Å². The van der Waals surface area contributed by atoms with Crippen LogP contribution in [0.2, 0.25) is 0 Å². The van der Waals surface area contributed by atoms with Crippen LogP contribution in [0, 0.1) is 5.92 Å². The SMILES string of the molecule is CC(C)C[C@H](NC(C(=O)N(C)C)c1ccc2occc2c1)C(=O)O. The number of carbonyl (C=O) groups is 2. The summed E-state index contributed by atoms with van der Waals surface area (Å²) < 4.78 is 5.32. The van der Waals surface area contributed by atoms with Crippen LogP contribution in [0.5, 0.6) is 0 Å². The summed E-state index contributed by atoms with van der Waals surface area (Å²) in [6.45, 7) is 3.91. The Labute approximate surface area is 141 Å². The predicted octanol–water partition coefficient (Wildman–Crippen LogP) is 2.65. The van der Waals surface area contributed by atoms with Gasteiger partial charge in [0, 0.05) is 19.5 Å². The van der Waals surface area contributed by atoms with E-state index >= 15 is 0 Å². The van der Waals surface area contributed by atoms with Gasteiger partial charge in [-0.15, -0.1) is 0 Å². The number of amides is 1. The summed E-state index contributed by atoms with van der Waals surface area (Å²) in [4.78, 5) is 25.6. The zero-order valence-corrected chi connectivity index (χ0v) is 14.4. The molecule has 2 atom stereocenters. The molecule has 2 N–H and O–H groups in total. The third kappa shape index (κ3) is 4.14. The molecular formula is C18H24N2O4. The van der Waals surface area contributed by atoms with Crippen molar-refractivity contribution >= 4 is 22.8 Å². The summed E-state index contributed by atoms with van der Waals surface area (Å²) in [6.07, 6.45) is 2.03. The van der Waals surface area contributed by atoms with Gasteiger partial charge >= 0.3 is 5.97 Å². The number of carboxylic acid groups (broad SMARTS) is 1. The third-order valence-electron chi connectivity index (χ3n) is 3.87. The van der Waals surface area contributed by atoms with Gasteiger partial charge in [0.1, 0.15) is 17.7 Å². The normalized spacial score (nSPS) is 13.9. The van der Waals surface area contributed by atoms with Crippen molar-refractivity contribution in [2.75, 3.05) is 14.1 Å². The number of aliphatic carboxylic acids is 1. The van der Waals surface area contributed by atoms with Crippen LogP contribution in [-0.2, 0) is 9.59 Å². The van der Waals surface area contributed by atoms with Gasteiger partial charge in [-0.05, 0) is 36.1 Å². The van der Waals surface area contributed by atoms with Gasteiger partial charge in [-0.2, -0.15) is 0 Å². The Morgan fingerprint density at radius 1 is 1.25 bits per heavy atom. The van der Waals surface area contributed by atoms with Crippen LogP contribution in [0.1, 0.15) is 31.9 Å². The van der Waals surface area contributed by atoms with Gasteiger partial charge in [0.15, 0.2) is 0 Å². The minimum atomic E-state index is -0.954. The van der Waals surface area contributed by atoms with Crippen LogP contribution in [0.25, 0.3) is 11.0 Å². The molecule has 0 bridgehead atoms. The van der Waals surface area contributed by atoms with Crippen LogP contribution < -0.4 is 5.32 Å². The molecule has 1 amide bonds. The molecule has 0 aliphatic heterocycles. The molecule has 2 rings (SSSR count). The molecule has 1 aromatic heterocycles. The second kappa shape index (κ2) is 7.49. The molecule has 0 saturated heterocycles. The number of benzene rings is 1. The quantitative estimate of drug-likeness (QED) is 0.814. The first-order valence-corrected chi connectivity index (χ1v) is 7.96. The van der Waals surface area contributed by atoms with E-state index < -0.39 is 18.1 Å². The molecule has 0 aliphatic rings. The Bertz CT molecular complexity index is 721. The second-order valence-electron chi connectivity index (χ2n) is 6.57. The van der Waals surface area contributed by atoms with Crippen molar-refractivity contribution in [2.24, 2.45) is 5.92 Å². The van der Waals surface area contributed by atoms with Gasteiger partial charge in [0.05, 0.1) is 6.26 Å². The van der Waals surface area contributed by atoms with Gasteiger partial charge in [0.25, 0.3) is 0 Å². The first kappa shape index (κ1) is 18.0. The number of fused-ring (bicyclic) bond motifs is 1. The van der Waals surface area contributed by atoms with Crippen LogP contribution in [0.4, 0.5) is 0 Å². The molecule has 6 heteroatoms. The summed E-state index contributed by atoms with van der Waals surface area (Å²) in [5.41, 5.74) is 1.45. The predicted molar refractivity (Wildman–Crippen MR) is 91.7 cm³/mol. The van der Waals surface area contributed by atoms with Gasteiger partial charge in [-0.1, -0.05) is 19.9 Å². The fourth-order valence-electron chi connectivity index (χ4n) is 2.65. The number of furan rings is 1.